The van der Waals surface area contributed by atoms with Gasteiger partial charge in [-0.3, -0.25) is 4.99 Å². The number of aliphatic imine (C=N–C) groups is 1. The summed E-state index contributed by atoms with van der Waals surface area (Å²) in [5.74, 6) is 1.78. The van der Waals surface area contributed by atoms with Crippen LogP contribution in [-0.4, -0.2) is 50.8 Å². The molecule has 0 saturated carbocycles. The van der Waals surface area contributed by atoms with Gasteiger partial charge in [-0.1, -0.05) is 12.1 Å². The highest BCUT2D eigenvalue weighted by Gasteiger charge is 2.15. The first kappa shape index (κ1) is 18.7. The van der Waals surface area contributed by atoms with Crippen LogP contribution in [0.15, 0.2) is 36.0 Å². The Morgan fingerprint density at radius 1 is 1.45 bits per heavy atom. The molecule has 0 radical (unpaired) electrons. The molecule has 2 heterocycles. The summed E-state index contributed by atoms with van der Waals surface area (Å²) in [6.45, 7) is 8.32. The van der Waals surface area contributed by atoms with Crippen molar-refractivity contribution in [2.24, 2.45) is 4.99 Å². The summed E-state index contributed by atoms with van der Waals surface area (Å²) in [5, 5.41) is 6.45. The minimum Gasteiger partial charge on any atom is -0.378 e. The monoisotopic (exact) mass is 417 g/mol. The molecule has 1 aromatic heterocycles. The van der Waals surface area contributed by atoms with Crippen LogP contribution in [0.25, 0.3) is 0 Å². The Balaban J connectivity index is 0.00000242. The quantitative estimate of drug-likeness (QED) is 0.328. The third-order valence-corrected chi connectivity index (χ3v) is 3.26. The first-order chi connectivity index (χ1) is 10.3. The fourth-order valence-corrected chi connectivity index (χ4v) is 2.20. The van der Waals surface area contributed by atoms with E-state index in [-0.39, 0.29) is 24.0 Å². The van der Waals surface area contributed by atoms with Crippen molar-refractivity contribution in [1.29, 1.82) is 0 Å². The molecule has 6 nitrogen and oxygen atoms in total. The molecule has 1 saturated heterocycles. The maximum Gasteiger partial charge on any atom is 0.191 e. The number of hydrogen-bond donors (Lipinski definition) is 2. The summed E-state index contributed by atoms with van der Waals surface area (Å²) in [5.41, 5.74) is 1.15. The number of ether oxygens (including phenoxy) is 1. The van der Waals surface area contributed by atoms with E-state index in [0.29, 0.717) is 13.1 Å². The predicted molar refractivity (Wildman–Crippen MR) is 101 cm³/mol. The van der Waals surface area contributed by atoms with E-state index in [0.717, 1.165) is 43.6 Å². The van der Waals surface area contributed by atoms with Gasteiger partial charge in [-0.05, 0) is 6.07 Å². The van der Waals surface area contributed by atoms with E-state index in [1.807, 2.05) is 12.3 Å². The second kappa shape index (κ2) is 10.4. The van der Waals surface area contributed by atoms with Crippen LogP contribution in [0.3, 0.4) is 0 Å². The Morgan fingerprint density at radius 3 is 2.91 bits per heavy atom. The minimum atomic E-state index is 0. The van der Waals surface area contributed by atoms with Crippen LogP contribution in [0.4, 0.5) is 5.82 Å². The Kier molecular flexibility index (Phi) is 8.83. The zero-order valence-electron chi connectivity index (χ0n) is 12.9. The Labute approximate surface area is 149 Å². The number of aromatic nitrogens is 1. The summed E-state index contributed by atoms with van der Waals surface area (Å²) in [6, 6.07) is 4.05. The summed E-state index contributed by atoms with van der Waals surface area (Å²) >= 11 is 0. The second-order valence-electron chi connectivity index (χ2n) is 4.68. The van der Waals surface area contributed by atoms with E-state index in [4.69, 9.17) is 4.74 Å². The van der Waals surface area contributed by atoms with E-state index in [1.165, 1.54) is 0 Å². The molecule has 0 spiro atoms. The van der Waals surface area contributed by atoms with Gasteiger partial charge in [0.15, 0.2) is 5.96 Å². The van der Waals surface area contributed by atoms with Crippen molar-refractivity contribution in [3.05, 3.63) is 36.5 Å². The molecule has 1 aromatic rings. The number of hydrogen-bond acceptors (Lipinski definition) is 4. The minimum absolute atomic E-state index is 0. The largest absolute Gasteiger partial charge is 0.378 e. The molecular formula is C15H24IN5O. The molecule has 22 heavy (non-hydrogen) atoms. The summed E-state index contributed by atoms with van der Waals surface area (Å²) in [6.07, 6.45) is 3.63. The van der Waals surface area contributed by atoms with E-state index >= 15 is 0 Å². The van der Waals surface area contributed by atoms with Crippen LogP contribution in [0.2, 0.25) is 0 Å². The molecule has 122 valence electrons. The van der Waals surface area contributed by atoms with Gasteiger partial charge in [0.25, 0.3) is 0 Å². The fourth-order valence-electron chi connectivity index (χ4n) is 2.20. The van der Waals surface area contributed by atoms with Gasteiger partial charge in [-0.25, -0.2) is 4.98 Å². The molecule has 1 fully saturated rings. The van der Waals surface area contributed by atoms with Crippen LogP contribution in [0, 0.1) is 0 Å². The van der Waals surface area contributed by atoms with Crippen molar-refractivity contribution in [2.75, 3.05) is 44.8 Å². The maximum absolute atomic E-state index is 5.40. The predicted octanol–water partition coefficient (Wildman–Crippen LogP) is 1.39. The number of nitrogens with zero attached hydrogens (tertiary/aromatic N) is 3. The van der Waals surface area contributed by atoms with Crippen molar-refractivity contribution in [3.8, 4) is 0 Å². The molecular weight excluding hydrogens is 393 g/mol. The first-order valence-corrected chi connectivity index (χ1v) is 7.17. The molecule has 0 aliphatic carbocycles. The first-order valence-electron chi connectivity index (χ1n) is 7.17. The van der Waals surface area contributed by atoms with Gasteiger partial charge < -0.3 is 20.3 Å². The molecule has 0 bridgehead atoms. The molecule has 2 N–H and O–H groups in total. The molecule has 1 aliphatic rings. The van der Waals surface area contributed by atoms with Crippen LogP contribution in [-0.2, 0) is 11.3 Å². The van der Waals surface area contributed by atoms with E-state index in [1.54, 1.807) is 13.1 Å². The number of nitrogens with one attached hydrogen (secondary N) is 2. The van der Waals surface area contributed by atoms with Gasteiger partial charge in [-0.2, -0.15) is 0 Å². The lowest BCUT2D eigenvalue weighted by Gasteiger charge is -2.29. The standard InChI is InChI=1S/C15H23N5O.HI/c1-3-6-18-15(16-2)19-12-13-5-4-7-17-14(13)20-8-10-21-11-9-20;/h3-5,7H,1,6,8-12H2,2H3,(H2,16,18,19);1H. The Bertz CT molecular complexity index is 489. The lowest BCUT2D eigenvalue weighted by atomic mass is 10.2. The third kappa shape index (κ3) is 5.45. The smallest absolute Gasteiger partial charge is 0.191 e. The maximum atomic E-state index is 5.40. The number of rotatable bonds is 5. The SMILES string of the molecule is C=CCNC(=NC)NCc1cccnc1N1CCOCC1.I. The molecule has 0 amide bonds. The Hall–Kier alpha value is -1.35. The van der Waals surface area contributed by atoms with Crippen molar-refractivity contribution < 1.29 is 4.74 Å². The van der Waals surface area contributed by atoms with E-state index in [2.05, 4.69) is 38.2 Å². The van der Waals surface area contributed by atoms with Crippen molar-refractivity contribution in [2.45, 2.75) is 6.54 Å². The molecule has 2 rings (SSSR count). The average molecular weight is 417 g/mol. The summed E-state index contributed by atoms with van der Waals surface area (Å²) in [7, 11) is 1.75. The highest BCUT2D eigenvalue weighted by molar-refractivity contribution is 14.0. The summed E-state index contributed by atoms with van der Waals surface area (Å²) in [4.78, 5) is 11.0. The molecule has 1 aliphatic heterocycles. The molecule has 7 heteroatoms. The number of guanidine groups is 1. The van der Waals surface area contributed by atoms with Crippen LogP contribution >= 0.6 is 24.0 Å². The summed E-state index contributed by atoms with van der Waals surface area (Å²) < 4.78 is 5.40. The van der Waals surface area contributed by atoms with E-state index < -0.39 is 0 Å². The second-order valence-corrected chi connectivity index (χ2v) is 4.68. The molecule has 0 unspecified atom stereocenters. The van der Waals surface area contributed by atoms with E-state index in [9.17, 15) is 0 Å². The molecule has 0 atom stereocenters. The van der Waals surface area contributed by atoms with Crippen molar-refractivity contribution >= 4 is 35.8 Å². The van der Waals surface area contributed by atoms with Gasteiger partial charge in [0.2, 0.25) is 0 Å². The average Bonchev–Trinajstić information content (AvgIpc) is 2.56. The Morgan fingerprint density at radius 2 is 2.23 bits per heavy atom. The number of anilines is 1. The van der Waals surface area contributed by atoms with Crippen LogP contribution in [0.1, 0.15) is 5.56 Å². The number of morpholine rings is 1. The number of halogens is 1. The zero-order chi connectivity index (χ0) is 14.9. The third-order valence-electron chi connectivity index (χ3n) is 3.26. The lowest BCUT2D eigenvalue weighted by Crippen LogP contribution is -2.39. The fraction of sp³-hybridized carbons (Fsp3) is 0.467. The van der Waals surface area contributed by atoms with Crippen LogP contribution in [0.5, 0.6) is 0 Å². The van der Waals surface area contributed by atoms with Crippen LogP contribution < -0.4 is 15.5 Å². The van der Waals surface area contributed by atoms with Gasteiger partial charge in [0.1, 0.15) is 5.82 Å². The van der Waals surface area contributed by atoms with Crippen molar-refractivity contribution in [3.63, 3.8) is 0 Å². The number of pyridine rings is 1. The topological polar surface area (TPSA) is 61.8 Å². The van der Waals surface area contributed by atoms with Gasteiger partial charge in [0, 0.05) is 45.0 Å². The van der Waals surface area contributed by atoms with Gasteiger partial charge in [0.05, 0.1) is 13.2 Å². The van der Waals surface area contributed by atoms with Gasteiger partial charge in [-0.15, -0.1) is 30.6 Å². The molecule has 0 aromatic carbocycles. The normalized spacial score (nSPS) is 15.0. The van der Waals surface area contributed by atoms with Gasteiger partial charge >= 0.3 is 0 Å². The lowest BCUT2D eigenvalue weighted by molar-refractivity contribution is 0.122. The zero-order valence-corrected chi connectivity index (χ0v) is 15.2. The van der Waals surface area contributed by atoms with Crippen molar-refractivity contribution in [1.82, 2.24) is 15.6 Å². The highest BCUT2D eigenvalue weighted by Crippen LogP contribution is 2.18. The highest BCUT2D eigenvalue weighted by atomic mass is 127.